The van der Waals surface area contributed by atoms with Crippen molar-refractivity contribution in [1.29, 1.82) is 0 Å². The van der Waals surface area contributed by atoms with Gasteiger partial charge in [0.2, 0.25) is 11.8 Å². The number of hydrogen-bond acceptors (Lipinski definition) is 6. The van der Waals surface area contributed by atoms with Crippen LogP contribution in [0.3, 0.4) is 0 Å². The average Bonchev–Trinajstić information content (AvgIpc) is 2.72. The first-order chi connectivity index (χ1) is 14.0. The van der Waals surface area contributed by atoms with Crippen molar-refractivity contribution in [3.05, 3.63) is 42.2 Å². The van der Waals surface area contributed by atoms with Gasteiger partial charge in [-0.05, 0) is 30.7 Å². The number of carbonyl (C=O) groups excluding carboxylic acids is 2. The van der Waals surface area contributed by atoms with E-state index >= 15 is 0 Å². The second kappa shape index (κ2) is 10.2. The van der Waals surface area contributed by atoms with Gasteiger partial charge in [0.25, 0.3) is 0 Å². The van der Waals surface area contributed by atoms with E-state index in [0.29, 0.717) is 44.1 Å². The molecule has 0 unspecified atom stereocenters. The van der Waals surface area contributed by atoms with E-state index in [9.17, 15) is 14.0 Å². The third-order valence-electron chi connectivity index (χ3n) is 4.55. The molecule has 1 fully saturated rings. The van der Waals surface area contributed by atoms with E-state index in [1.54, 1.807) is 24.3 Å². The normalized spacial score (nSPS) is 14.0. The van der Waals surface area contributed by atoms with Gasteiger partial charge in [-0.1, -0.05) is 12.1 Å². The number of anilines is 2. The van der Waals surface area contributed by atoms with Gasteiger partial charge >= 0.3 is 0 Å². The fourth-order valence-corrected chi connectivity index (χ4v) is 3.87. The molecule has 1 aromatic heterocycles. The van der Waals surface area contributed by atoms with Crippen LogP contribution < -0.4 is 10.2 Å². The Labute approximate surface area is 173 Å². The number of thioether (sulfide) groups is 1. The first-order valence-electron chi connectivity index (χ1n) is 9.54. The molecule has 1 N–H and O–H groups in total. The molecule has 1 saturated heterocycles. The van der Waals surface area contributed by atoms with Crippen LogP contribution in [0.15, 0.2) is 41.4 Å². The number of hydrogen-bond donors (Lipinski definition) is 1. The van der Waals surface area contributed by atoms with Crippen molar-refractivity contribution in [2.45, 2.75) is 24.8 Å². The predicted octanol–water partition coefficient (Wildman–Crippen LogP) is 2.80. The third kappa shape index (κ3) is 6.15. The number of amides is 2. The molecule has 2 aromatic rings. The van der Waals surface area contributed by atoms with E-state index in [0.717, 1.165) is 17.2 Å². The summed E-state index contributed by atoms with van der Waals surface area (Å²) in [5, 5.41) is 11.3. The van der Waals surface area contributed by atoms with Gasteiger partial charge in [-0.15, -0.1) is 22.0 Å². The van der Waals surface area contributed by atoms with Gasteiger partial charge in [0.05, 0.1) is 5.69 Å². The second-order valence-corrected chi connectivity index (χ2v) is 7.82. The number of benzene rings is 1. The fraction of sp³-hybridized carbons (Fsp3) is 0.400. The first-order valence-corrected chi connectivity index (χ1v) is 10.5. The molecule has 1 aromatic carbocycles. The molecule has 7 nitrogen and oxygen atoms in total. The van der Waals surface area contributed by atoms with Crippen LogP contribution in [0, 0.1) is 5.82 Å². The molecule has 1 aliphatic heterocycles. The van der Waals surface area contributed by atoms with Crippen molar-refractivity contribution in [2.75, 3.05) is 42.1 Å². The number of nitrogens with one attached hydrogen (secondary N) is 1. The van der Waals surface area contributed by atoms with Gasteiger partial charge in [-0.2, -0.15) is 0 Å². The summed E-state index contributed by atoms with van der Waals surface area (Å²) in [7, 11) is 0. The molecule has 9 heteroatoms. The topological polar surface area (TPSA) is 78.4 Å². The molecule has 0 saturated carbocycles. The Bertz CT molecular complexity index is 841. The summed E-state index contributed by atoms with van der Waals surface area (Å²) in [6.45, 7) is 3.91. The van der Waals surface area contributed by atoms with E-state index < -0.39 is 0 Å². The van der Waals surface area contributed by atoms with Gasteiger partial charge in [0.1, 0.15) is 10.8 Å². The summed E-state index contributed by atoms with van der Waals surface area (Å²) >= 11 is 1.53. The van der Waals surface area contributed by atoms with Crippen LogP contribution in [0.1, 0.15) is 19.8 Å². The minimum Gasteiger partial charge on any atom is -0.366 e. The van der Waals surface area contributed by atoms with Crippen LogP contribution >= 0.6 is 11.8 Å². The highest BCUT2D eigenvalue weighted by Gasteiger charge is 2.22. The highest BCUT2D eigenvalue weighted by molar-refractivity contribution is 7.99. The number of nitrogens with zero attached hydrogens (tertiary/aromatic N) is 4. The minimum atomic E-state index is -0.225. The van der Waals surface area contributed by atoms with Gasteiger partial charge < -0.3 is 15.1 Å². The van der Waals surface area contributed by atoms with E-state index in [4.69, 9.17) is 0 Å². The summed E-state index contributed by atoms with van der Waals surface area (Å²) in [4.78, 5) is 27.2. The maximum atomic E-state index is 13.9. The van der Waals surface area contributed by atoms with Crippen LogP contribution in [-0.4, -0.2) is 58.8 Å². The van der Waals surface area contributed by atoms with Crippen LogP contribution in [-0.2, 0) is 9.59 Å². The molecule has 154 valence electrons. The minimum absolute atomic E-state index is 0.130. The van der Waals surface area contributed by atoms with Crippen molar-refractivity contribution >= 4 is 35.1 Å². The molecule has 0 bridgehead atoms. The Morgan fingerprint density at radius 1 is 1.10 bits per heavy atom. The lowest BCUT2D eigenvalue weighted by molar-refractivity contribution is -0.131. The van der Waals surface area contributed by atoms with Gasteiger partial charge in [-0.3, -0.25) is 9.59 Å². The molecule has 0 spiro atoms. The first kappa shape index (κ1) is 21.0. The average molecular weight is 418 g/mol. The summed E-state index contributed by atoms with van der Waals surface area (Å²) in [5.74, 6) is 0.901. The summed E-state index contributed by atoms with van der Waals surface area (Å²) < 4.78 is 13.9. The predicted molar refractivity (Wildman–Crippen MR) is 111 cm³/mol. The Morgan fingerprint density at radius 3 is 2.52 bits per heavy atom. The van der Waals surface area contributed by atoms with Crippen molar-refractivity contribution in [3.8, 4) is 0 Å². The Kier molecular flexibility index (Phi) is 7.40. The Morgan fingerprint density at radius 2 is 1.86 bits per heavy atom. The molecule has 1 aliphatic rings. The van der Waals surface area contributed by atoms with Gasteiger partial charge in [0, 0.05) is 45.3 Å². The molecular formula is C20H24FN5O2S. The van der Waals surface area contributed by atoms with Crippen molar-refractivity contribution in [2.24, 2.45) is 0 Å². The van der Waals surface area contributed by atoms with Gasteiger partial charge in [-0.25, -0.2) is 4.39 Å². The van der Waals surface area contributed by atoms with E-state index in [1.807, 2.05) is 15.9 Å². The van der Waals surface area contributed by atoms with E-state index in [2.05, 4.69) is 15.5 Å². The summed E-state index contributed by atoms with van der Waals surface area (Å²) in [6.07, 6.45) is 1.22. The molecule has 3 rings (SSSR count). The quantitative estimate of drug-likeness (QED) is 0.551. The van der Waals surface area contributed by atoms with E-state index in [1.165, 1.54) is 24.8 Å². The molecule has 0 atom stereocenters. The highest BCUT2D eigenvalue weighted by atomic mass is 32.2. The molecule has 0 radical (unpaired) electrons. The Hall–Kier alpha value is -2.68. The molecule has 2 heterocycles. The van der Waals surface area contributed by atoms with Crippen molar-refractivity contribution in [1.82, 2.24) is 15.1 Å². The maximum Gasteiger partial charge on any atom is 0.222 e. The lowest BCUT2D eigenvalue weighted by Gasteiger charge is -2.36. The largest absolute Gasteiger partial charge is 0.366 e. The standard InChI is InChI=1S/C20H24FN5O2S/c1-15(27)22-18-8-9-19(24-23-18)29-14-4-7-20(28)26-12-10-25(11-13-26)17-6-3-2-5-16(17)21/h2-3,5-6,8-9H,4,7,10-14H2,1H3,(H,22,23,27). The number of halogens is 1. The highest BCUT2D eigenvalue weighted by Crippen LogP contribution is 2.21. The SMILES string of the molecule is CC(=O)Nc1ccc(SCCCC(=O)N2CCN(c3ccccc3F)CC2)nn1. The summed E-state index contributed by atoms with van der Waals surface area (Å²) in [6, 6.07) is 10.2. The number of piperazine rings is 1. The lowest BCUT2D eigenvalue weighted by Crippen LogP contribution is -2.49. The molecule has 29 heavy (non-hydrogen) atoms. The van der Waals surface area contributed by atoms with Crippen molar-refractivity contribution in [3.63, 3.8) is 0 Å². The molecule has 0 aliphatic carbocycles. The van der Waals surface area contributed by atoms with E-state index in [-0.39, 0.29) is 17.6 Å². The number of carbonyl (C=O) groups is 2. The van der Waals surface area contributed by atoms with Crippen LogP contribution in [0.4, 0.5) is 15.9 Å². The van der Waals surface area contributed by atoms with Gasteiger partial charge in [0.15, 0.2) is 5.82 Å². The Balaban J connectivity index is 1.36. The lowest BCUT2D eigenvalue weighted by atomic mass is 10.2. The zero-order chi connectivity index (χ0) is 20.6. The van der Waals surface area contributed by atoms with Crippen LogP contribution in [0.5, 0.6) is 0 Å². The summed E-state index contributed by atoms with van der Waals surface area (Å²) in [5.41, 5.74) is 0.599. The monoisotopic (exact) mass is 417 g/mol. The van der Waals surface area contributed by atoms with Crippen LogP contribution in [0.2, 0.25) is 0 Å². The maximum absolute atomic E-state index is 13.9. The zero-order valence-electron chi connectivity index (χ0n) is 16.3. The zero-order valence-corrected chi connectivity index (χ0v) is 17.1. The number of rotatable bonds is 7. The smallest absolute Gasteiger partial charge is 0.222 e. The molecule has 2 amide bonds. The van der Waals surface area contributed by atoms with Crippen LogP contribution in [0.25, 0.3) is 0 Å². The molecular weight excluding hydrogens is 393 g/mol. The number of para-hydroxylation sites is 1. The fourth-order valence-electron chi connectivity index (χ4n) is 3.11. The third-order valence-corrected chi connectivity index (χ3v) is 5.56. The number of aromatic nitrogens is 2. The second-order valence-electron chi connectivity index (χ2n) is 6.71. The van der Waals surface area contributed by atoms with Crippen molar-refractivity contribution < 1.29 is 14.0 Å².